The average Bonchev–Trinajstić information content (AvgIpc) is 3.34. The molecule has 0 spiro atoms. The molecule has 6 nitrogen and oxygen atoms in total. The number of aryl methyl sites for hydroxylation is 3. The highest BCUT2D eigenvalue weighted by atomic mass is 16.5. The molecule has 0 atom stereocenters. The Kier molecular flexibility index (Phi) is 6.02. The van der Waals surface area contributed by atoms with Crippen molar-refractivity contribution in [2.24, 2.45) is 13.0 Å². The van der Waals surface area contributed by atoms with Crippen LogP contribution in [0.2, 0.25) is 0 Å². The van der Waals surface area contributed by atoms with E-state index < -0.39 is 0 Å². The Morgan fingerprint density at radius 1 is 1.17 bits per heavy atom. The van der Waals surface area contributed by atoms with Crippen molar-refractivity contribution >= 4 is 5.91 Å². The summed E-state index contributed by atoms with van der Waals surface area (Å²) < 4.78 is 7.35. The second-order valence-electron chi connectivity index (χ2n) is 8.62. The summed E-state index contributed by atoms with van der Waals surface area (Å²) in [6, 6.07) is 10.1. The molecule has 0 unspecified atom stereocenters. The standard InChI is InChI=1S/C24H30N4O2/c1-16-4-6-18(7-5-16)13-23(29)25-14-19-8-10-20(11-9-19)24-21(15-28(3)26-24)22-12-17(2)27-30-22/h4-7,12,15,19-20H,8-11,13-14H2,1-3H3,(H,25,29). The summed E-state index contributed by atoms with van der Waals surface area (Å²) in [6.07, 6.45) is 6.82. The Morgan fingerprint density at radius 2 is 1.90 bits per heavy atom. The van der Waals surface area contributed by atoms with E-state index in [1.54, 1.807) is 0 Å². The van der Waals surface area contributed by atoms with E-state index in [1.165, 1.54) is 5.56 Å². The second kappa shape index (κ2) is 8.86. The molecular formula is C24H30N4O2. The van der Waals surface area contributed by atoms with Crippen LogP contribution in [-0.4, -0.2) is 27.4 Å². The number of amides is 1. The van der Waals surface area contributed by atoms with Crippen molar-refractivity contribution in [2.75, 3.05) is 6.54 Å². The third-order valence-corrected chi connectivity index (χ3v) is 6.06. The zero-order valence-electron chi connectivity index (χ0n) is 18.0. The first-order valence-electron chi connectivity index (χ1n) is 10.8. The van der Waals surface area contributed by atoms with Crippen LogP contribution in [0, 0.1) is 19.8 Å². The van der Waals surface area contributed by atoms with Crippen LogP contribution in [-0.2, 0) is 18.3 Å². The van der Waals surface area contributed by atoms with Crippen LogP contribution in [0.5, 0.6) is 0 Å². The zero-order valence-corrected chi connectivity index (χ0v) is 18.0. The van der Waals surface area contributed by atoms with Gasteiger partial charge in [-0.05, 0) is 51.0 Å². The Bertz CT molecular complexity index is 995. The largest absolute Gasteiger partial charge is 0.356 e. The normalized spacial score (nSPS) is 19.0. The Hall–Kier alpha value is -2.89. The highest BCUT2D eigenvalue weighted by Crippen LogP contribution is 2.39. The summed E-state index contributed by atoms with van der Waals surface area (Å²) in [4.78, 5) is 12.3. The lowest BCUT2D eigenvalue weighted by Gasteiger charge is -2.28. The molecule has 1 saturated carbocycles. The predicted molar refractivity (Wildman–Crippen MR) is 116 cm³/mol. The molecule has 1 N–H and O–H groups in total. The van der Waals surface area contributed by atoms with Crippen molar-refractivity contribution in [3.8, 4) is 11.3 Å². The maximum Gasteiger partial charge on any atom is 0.224 e. The number of hydrogen-bond acceptors (Lipinski definition) is 4. The molecule has 0 bridgehead atoms. The van der Waals surface area contributed by atoms with Gasteiger partial charge in [-0.2, -0.15) is 5.10 Å². The van der Waals surface area contributed by atoms with E-state index in [2.05, 4.69) is 29.5 Å². The molecule has 1 aliphatic carbocycles. The van der Waals surface area contributed by atoms with Crippen LogP contribution in [0.1, 0.15) is 54.1 Å². The van der Waals surface area contributed by atoms with Crippen molar-refractivity contribution < 1.29 is 9.32 Å². The molecule has 2 aromatic heterocycles. The minimum absolute atomic E-state index is 0.105. The van der Waals surface area contributed by atoms with E-state index in [0.29, 0.717) is 18.3 Å². The van der Waals surface area contributed by atoms with Crippen LogP contribution >= 0.6 is 0 Å². The maximum atomic E-state index is 12.3. The summed E-state index contributed by atoms with van der Waals surface area (Å²) in [5, 5.41) is 11.9. The molecule has 158 valence electrons. The third kappa shape index (κ3) is 4.81. The average molecular weight is 407 g/mol. The first-order valence-corrected chi connectivity index (χ1v) is 10.8. The van der Waals surface area contributed by atoms with Crippen LogP contribution in [0.15, 0.2) is 41.1 Å². The van der Waals surface area contributed by atoms with Crippen molar-refractivity contribution in [1.29, 1.82) is 0 Å². The Balaban J connectivity index is 1.29. The quantitative estimate of drug-likeness (QED) is 0.661. The number of carbonyl (C=O) groups excluding carboxylic acids is 1. The van der Waals surface area contributed by atoms with E-state index in [4.69, 9.17) is 9.62 Å². The fourth-order valence-corrected chi connectivity index (χ4v) is 4.34. The van der Waals surface area contributed by atoms with E-state index in [-0.39, 0.29) is 5.91 Å². The number of aromatic nitrogens is 3. The van der Waals surface area contributed by atoms with Gasteiger partial charge in [0.1, 0.15) is 0 Å². The van der Waals surface area contributed by atoms with E-state index >= 15 is 0 Å². The molecule has 6 heteroatoms. The van der Waals surface area contributed by atoms with Gasteiger partial charge >= 0.3 is 0 Å². The Labute approximate surface area is 177 Å². The molecule has 30 heavy (non-hydrogen) atoms. The number of hydrogen-bond donors (Lipinski definition) is 1. The van der Waals surface area contributed by atoms with Gasteiger partial charge in [-0.1, -0.05) is 35.0 Å². The second-order valence-corrected chi connectivity index (χ2v) is 8.62. The molecule has 1 amide bonds. The Morgan fingerprint density at radius 3 is 2.57 bits per heavy atom. The van der Waals surface area contributed by atoms with Gasteiger partial charge in [0, 0.05) is 31.8 Å². The lowest BCUT2D eigenvalue weighted by atomic mass is 9.79. The minimum atomic E-state index is 0.105. The van der Waals surface area contributed by atoms with Crippen molar-refractivity contribution in [3.63, 3.8) is 0 Å². The molecule has 0 radical (unpaired) electrons. The highest BCUT2D eigenvalue weighted by Gasteiger charge is 2.28. The van der Waals surface area contributed by atoms with Gasteiger partial charge in [0.15, 0.2) is 5.76 Å². The fraction of sp³-hybridized carbons (Fsp3) is 0.458. The monoisotopic (exact) mass is 406 g/mol. The topological polar surface area (TPSA) is 73.0 Å². The number of benzene rings is 1. The van der Waals surface area contributed by atoms with Gasteiger partial charge in [-0.3, -0.25) is 9.48 Å². The lowest BCUT2D eigenvalue weighted by molar-refractivity contribution is -0.120. The summed E-state index contributed by atoms with van der Waals surface area (Å²) in [5.74, 6) is 1.85. The number of nitrogens with one attached hydrogen (secondary N) is 1. The molecule has 0 aliphatic heterocycles. The van der Waals surface area contributed by atoms with E-state index in [9.17, 15) is 4.79 Å². The summed E-state index contributed by atoms with van der Waals surface area (Å²) in [5.41, 5.74) is 5.31. The number of carbonyl (C=O) groups is 1. The summed E-state index contributed by atoms with van der Waals surface area (Å²) in [7, 11) is 1.95. The molecular weight excluding hydrogens is 376 g/mol. The van der Waals surface area contributed by atoms with Crippen LogP contribution in [0.3, 0.4) is 0 Å². The smallest absolute Gasteiger partial charge is 0.224 e. The van der Waals surface area contributed by atoms with E-state index in [0.717, 1.165) is 60.5 Å². The molecule has 3 aromatic rings. The molecule has 1 fully saturated rings. The lowest BCUT2D eigenvalue weighted by Crippen LogP contribution is -2.32. The van der Waals surface area contributed by atoms with Gasteiger partial charge in [0.25, 0.3) is 0 Å². The van der Waals surface area contributed by atoms with Gasteiger partial charge in [-0.25, -0.2) is 0 Å². The van der Waals surface area contributed by atoms with Gasteiger partial charge in [0.2, 0.25) is 5.91 Å². The fourth-order valence-electron chi connectivity index (χ4n) is 4.34. The molecule has 2 heterocycles. The van der Waals surface area contributed by atoms with Gasteiger partial charge in [0.05, 0.1) is 23.4 Å². The van der Waals surface area contributed by atoms with E-state index in [1.807, 2.05) is 43.0 Å². The number of rotatable bonds is 6. The molecule has 4 rings (SSSR count). The molecule has 1 aliphatic rings. The minimum Gasteiger partial charge on any atom is -0.356 e. The van der Waals surface area contributed by atoms with Gasteiger partial charge < -0.3 is 9.84 Å². The summed E-state index contributed by atoms with van der Waals surface area (Å²) in [6.45, 7) is 4.75. The first-order chi connectivity index (χ1) is 14.5. The first kappa shape index (κ1) is 20.4. The highest BCUT2D eigenvalue weighted by molar-refractivity contribution is 5.78. The number of nitrogens with zero attached hydrogens (tertiary/aromatic N) is 3. The van der Waals surface area contributed by atoms with Crippen molar-refractivity contribution in [3.05, 3.63) is 59.0 Å². The maximum absolute atomic E-state index is 12.3. The van der Waals surface area contributed by atoms with Crippen LogP contribution < -0.4 is 5.32 Å². The van der Waals surface area contributed by atoms with Crippen LogP contribution in [0.25, 0.3) is 11.3 Å². The van der Waals surface area contributed by atoms with Crippen molar-refractivity contribution in [1.82, 2.24) is 20.3 Å². The predicted octanol–water partition coefficient (Wildman–Crippen LogP) is 4.32. The van der Waals surface area contributed by atoms with Crippen molar-refractivity contribution in [2.45, 2.75) is 51.9 Å². The molecule has 1 aromatic carbocycles. The zero-order chi connectivity index (χ0) is 21.1. The molecule has 0 saturated heterocycles. The SMILES string of the molecule is Cc1ccc(CC(=O)NCC2CCC(c3nn(C)cc3-c3cc(C)no3)CC2)cc1. The third-order valence-electron chi connectivity index (χ3n) is 6.06. The summed E-state index contributed by atoms with van der Waals surface area (Å²) >= 11 is 0. The van der Waals surface area contributed by atoms with Gasteiger partial charge in [-0.15, -0.1) is 0 Å². The van der Waals surface area contributed by atoms with Crippen LogP contribution in [0.4, 0.5) is 0 Å².